The monoisotopic (exact) mass is 186 g/mol. The van der Waals surface area contributed by atoms with Crippen molar-refractivity contribution >= 4 is 11.9 Å². The molecule has 0 aliphatic rings. The molecule has 0 saturated carbocycles. The third-order valence-electron chi connectivity index (χ3n) is 1.35. The standard InChI is InChI=1S/C6H6N2O5/c9-3(10)1-2-4(5(11)12)8-6(13)7-2/h1H2,(H,9,10)(H,11,12)(H2,7,8,13). The summed E-state index contributed by atoms with van der Waals surface area (Å²) in [5.74, 6) is -2.58. The second kappa shape index (κ2) is 3.13. The summed E-state index contributed by atoms with van der Waals surface area (Å²) < 4.78 is 0. The van der Waals surface area contributed by atoms with E-state index in [0.29, 0.717) is 0 Å². The average Bonchev–Trinajstić information content (AvgIpc) is 2.29. The van der Waals surface area contributed by atoms with Gasteiger partial charge in [-0.2, -0.15) is 0 Å². The van der Waals surface area contributed by atoms with E-state index in [4.69, 9.17) is 10.2 Å². The number of aromatic nitrogens is 2. The number of carboxylic acids is 2. The molecule has 0 fully saturated rings. The number of aliphatic carboxylic acids is 1. The number of hydrogen-bond acceptors (Lipinski definition) is 3. The number of hydrogen-bond donors (Lipinski definition) is 4. The summed E-state index contributed by atoms with van der Waals surface area (Å²) >= 11 is 0. The zero-order valence-corrected chi connectivity index (χ0v) is 6.33. The van der Waals surface area contributed by atoms with Gasteiger partial charge in [-0.25, -0.2) is 9.59 Å². The van der Waals surface area contributed by atoms with Gasteiger partial charge in [-0.3, -0.25) is 9.78 Å². The first-order valence-electron chi connectivity index (χ1n) is 3.27. The molecule has 0 radical (unpaired) electrons. The minimum Gasteiger partial charge on any atom is -0.481 e. The summed E-state index contributed by atoms with van der Waals surface area (Å²) in [7, 11) is 0. The van der Waals surface area contributed by atoms with Gasteiger partial charge in [0.2, 0.25) is 0 Å². The van der Waals surface area contributed by atoms with Crippen molar-refractivity contribution in [2.45, 2.75) is 6.42 Å². The van der Waals surface area contributed by atoms with Crippen molar-refractivity contribution in [2.75, 3.05) is 0 Å². The summed E-state index contributed by atoms with van der Waals surface area (Å²) in [6, 6.07) is 0. The average molecular weight is 186 g/mol. The van der Waals surface area contributed by atoms with Gasteiger partial charge in [0.25, 0.3) is 0 Å². The highest BCUT2D eigenvalue weighted by atomic mass is 16.4. The molecule has 1 rings (SSSR count). The SMILES string of the molecule is O=C(O)Cc1[nH]c(=O)[nH]c1C(=O)O. The van der Waals surface area contributed by atoms with Gasteiger partial charge >= 0.3 is 17.6 Å². The lowest BCUT2D eigenvalue weighted by Gasteiger charge is -1.92. The van der Waals surface area contributed by atoms with Crippen LogP contribution in [0.15, 0.2) is 4.79 Å². The Balaban J connectivity index is 3.11. The molecule has 1 heterocycles. The predicted octanol–water partition coefficient (Wildman–Crippen LogP) is -0.972. The van der Waals surface area contributed by atoms with E-state index in [1.54, 1.807) is 0 Å². The van der Waals surface area contributed by atoms with Crippen molar-refractivity contribution in [3.63, 3.8) is 0 Å². The Kier molecular flexibility index (Phi) is 2.18. The Hall–Kier alpha value is -2.05. The van der Waals surface area contributed by atoms with Crippen molar-refractivity contribution in [1.82, 2.24) is 9.97 Å². The van der Waals surface area contributed by atoms with Crippen LogP contribution in [-0.4, -0.2) is 32.1 Å². The molecule has 4 N–H and O–H groups in total. The van der Waals surface area contributed by atoms with Crippen LogP contribution in [0.4, 0.5) is 0 Å². The van der Waals surface area contributed by atoms with Gasteiger partial charge in [0.15, 0.2) is 0 Å². The quantitative estimate of drug-likeness (QED) is 0.483. The van der Waals surface area contributed by atoms with E-state index in [-0.39, 0.29) is 5.69 Å². The van der Waals surface area contributed by atoms with Crippen molar-refractivity contribution < 1.29 is 19.8 Å². The number of nitrogens with one attached hydrogen (secondary N) is 2. The van der Waals surface area contributed by atoms with E-state index in [1.807, 2.05) is 4.98 Å². The van der Waals surface area contributed by atoms with E-state index in [1.165, 1.54) is 0 Å². The van der Waals surface area contributed by atoms with Crippen molar-refractivity contribution in [2.24, 2.45) is 0 Å². The highest BCUT2D eigenvalue weighted by Crippen LogP contribution is 2.00. The van der Waals surface area contributed by atoms with E-state index < -0.39 is 29.7 Å². The zero-order chi connectivity index (χ0) is 10.0. The topological polar surface area (TPSA) is 123 Å². The highest BCUT2D eigenvalue weighted by molar-refractivity contribution is 5.88. The molecule has 7 nitrogen and oxygen atoms in total. The molecule has 0 aliphatic heterocycles. The van der Waals surface area contributed by atoms with Gasteiger partial charge in [-0.05, 0) is 0 Å². The van der Waals surface area contributed by atoms with E-state index in [9.17, 15) is 14.4 Å². The summed E-state index contributed by atoms with van der Waals surface area (Å²) in [5.41, 5.74) is -1.27. The number of imidazole rings is 1. The lowest BCUT2D eigenvalue weighted by molar-refractivity contribution is -0.136. The van der Waals surface area contributed by atoms with Crippen LogP contribution in [0.25, 0.3) is 0 Å². The number of aromatic carboxylic acids is 1. The van der Waals surface area contributed by atoms with Crippen LogP contribution in [-0.2, 0) is 11.2 Å². The summed E-state index contributed by atoms with van der Waals surface area (Å²) in [5, 5.41) is 16.9. The maximum absolute atomic E-state index is 10.6. The fraction of sp³-hybridized carbons (Fsp3) is 0.167. The first kappa shape index (κ1) is 9.04. The minimum atomic E-state index is -1.37. The molecule has 7 heteroatoms. The fourth-order valence-electron chi connectivity index (χ4n) is 0.886. The lowest BCUT2D eigenvalue weighted by Crippen LogP contribution is -2.07. The molecule has 0 saturated heterocycles. The molecule has 0 atom stereocenters. The number of rotatable bonds is 3. The Morgan fingerprint density at radius 1 is 1.23 bits per heavy atom. The Morgan fingerprint density at radius 3 is 2.31 bits per heavy atom. The molecular weight excluding hydrogens is 180 g/mol. The maximum Gasteiger partial charge on any atom is 0.354 e. The molecule has 0 bridgehead atoms. The van der Waals surface area contributed by atoms with E-state index >= 15 is 0 Å². The first-order valence-corrected chi connectivity index (χ1v) is 3.27. The molecule has 0 unspecified atom stereocenters. The molecule has 0 aromatic carbocycles. The van der Waals surface area contributed by atoms with Crippen molar-refractivity contribution in [3.05, 3.63) is 21.9 Å². The van der Waals surface area contributed by atoms with Gasteiger partial charge in [0.05, 0.1) is 12.1 Å². The molecule has 1 aromatic heterocycles. The number of carboxylic acid groups (broad SMARTS) is 2. The molecule has 0 spiro atoms. The van der Waals surface area contributed by atoms with Crippen LogP contribution >= 0.6 is 0 Å². The van der Waals surface area contributed by atoms with Gasteiger partial charge in [0.1, 0.15) is 5.69 Å². The highest BCUT2D eigenvalue weighted by Gasteiger charge is 2.15. The van der Waals surface area contributed by atoms with Crippen molar-refractivity contribution in [3.8, 4) is 0 Å². The second-order valence-corrected chi connectivity index (χ2v) is 2.31. The Bertz CT molecular complexity index is 401. The second-order valence-electron chi connectivity index (χ2n) is 2.31. The number of H-pyrrole nitrogens is 2. The molecule has 0 amide bonds. The summed E-state index contributed by atoms with van der Waals surface area (Å²) in [6.07, 6.45) is -0.527. The minimum absolute atomic E-state index is 0.134. The third kappa shape index (κ3) is 1.95. The van der Waals surface area contributed by atoms with Gasteiger partial charge < -0.3 is 15.2 Å². The molecule has 0 aliphatic carbocycles. The number of aromatic amines is 2. The third-order valence-corrected chi connectivity index (χ3v) is 1.35. The lowest BCUT2D eigenvalue weighted by atomic mass is 10.2. The Morgan fingerprint density at radius 2 is 1.85 bits per heavy atom. The Labute approximate surface area is 71.0 Å². The molecular formula is C6H6N2O5. The smallest absolute Gasteiger partial charge is 0.354 e. The number of carbonyl (C=O) groups is 2. The van der Waals surface area contributed by atoms with E-state index in [0.717, 1.165) is 0 Å². The normalized spacial score (nSPS) is 9.85. The van der Waals surface area contributed by atoms with Crippen LogP contribution in [0.3, 0.4) is 0 Å². The summed E-state index contributed by atoms with van der Waals surface area (Å²) in [4.78, 5) is 35.3. The van der Waals surface area contributed by atoms with Gasteiger partial charge in [-0.1, -0.05) is 0 Å². The predicted molar refractivity (Wildman–Crippen MR) is 39.7 cm³/mol. The summed E-state index contributed by atoms with van der Waals surface area (Å²) in [6.45, 7) is 0. The van der Waals surface area contributed by atoms with Crippen LogP contribution < -0.4 is 5.69 Å². The first-order chi connectivity index (χ1) is 6.00. The zero-order valence-electron chi connectivity index (χ0n) is 6.33. The molecule has 70 valence electrons. The van der Waals surface area contributed by atoms with Gasteiger partial charge in [-0.15, -0.1) is 0 Å². The fourth-order valence-corrected chi connectivity index (χ4v) is 0.886. The molecule has 13 heavy (non-hydrogen) atoms. The van der Waals surface area contributed by atoms with Crippen LogP contribution in [0.2, 0.25) is 0 Å². The maximum atomic E-state index is 10.6. The van der Waals surface area contributed by atoms with Gasteiger partial charge in [0, 0.05) is 0 Å². The van der Waals surface area contributed by atoms with Crippen LogP contribution in [0.5, 0.6) is 0 Å². The largest absolute Gasteiger partial charge is 0.481 e. The van der Waals surface area contributed by atoms with Crippen molar-refractivity contribution in [1.29, 1.82) is 0 Å². The van der Waals surface area contributed by atoms with Crippen LogP contribution in [0.1, 0.15) is 16.2 Å². The van der Waals surface area contributed by atoms with E-state index in [2.05, 4.69) is 4.98 Å². The van der Waals surface area contributed by atoms with Crippen LogP contribution in [0, 0.1) is 0 Å². The molecule has 1 aromatic rings.